The molecule has 2 aliphatic rings. The van der Waals surface area contributed by atoms with Crippen LogP contribution in [0, 0.1) is 0 Å². The fourth-order valence-corrected chi connectivity index (χ4v) is 3.15. The number of nitrogens with one attached hydrogen (secondary N) is 4. The van der Waals surface area contributed by atoms with Crippen LogP contribution in [-0.4, -0.2) is 63.1 Å². The van der Waals surface area contributed by atoms with Gasteiger partial charge < -0.3 is 20.1 Å². The van der Waals surface area contributed by atoms with Crippen LogP contribution in [0.3, 0.4) is 0 Å². The van der Waals surface area contributed by atoms with Gasteiger partial charge in [0.1, 0.15) is 0 Å². The quantitative estimate of drug-likeness (QED) is 0.355. The fourth-order valence-electron chi connectivity index (χ4n) is 3.15. The molecule has 29 heavy (non-hydrogen) atoms. The number of hydrogen-bond donors (Lipinski definition) is 4. The molecular weight excluding hydrogens is 368 g/mol. The Kier molecular flexibility index (Phi) is 6.00. The van der Waals surface area contributed by atoms with Crippen molar-refractivity contribution in [2.45, 2.75) is 31.3 Å². The zero-order valence-electron chi connectivity index (χ0n) is 17.3. The van der Waals surface area contributed by atoms with Crippen molar-refractivity contribution >= 4 is 11.4 Å². The van der Waals surface area contributed by atoms with Crippen LogP contribution in [0.1, 0.15) is 11.1 Å². The Hall–Kier alpha value is -2.20. The molecule has 2 fully saturated rings. The molecule has 4 atom stereocenters. The first-order valence-electron chi connectivity index (χ1n) is 9.85. The second-order valence-electron chi connectivity index (χ2n) is 7.86. The van der Waals surface area contributed by atoms with E-state index in [-0.39, 0.29) is 24.9 Å². The van der Waals surface area contributed by atoms with Crippen LogP contribution >= 0.6 is 0 Å². The molecule has 4 N–H and O–H groups in total. The van der Waals surface area contributed by atoms with Crippen molar-refractivity contribution in [1.82, 2.24) is 20.9 Å². The Morgan fingerprint density at radius 1 is 0.621 bits per heavy atom. The molecule has 0 aromatic heterocycles. The number of rotatable bonds is 10. The van der Waals surface area contributed by atoms with Gasteiger partial charge in [0, 0.05) is 39.6 Å². The topological polar surface area (TPSA) is 79.7 Å². The van der Waals surface area contributed by atoms with E-state index in [1.165, 1.54) is 11.1 Å². The van der Waals surface area contributed by atoms with Gasteiger partial charge in [-0.3, -0.25) is 0 Å². The third-order valence-electron chi connectivity index (χ3n) is 4.69. The largest absolute Gasteiger partial charge is 0.357 e. The summed E-state index contributed by atoms with van der Waals surface area (Å²) in [5, 5.41) is 10.5. The molecule has 0 amide bonds. The standard InChI is InChI=1S/C21H30N6O2/c1-26(2)24-20-18(28-20)22-16-9-5-14(6-10-16)13-15-7-11-17(12-8-15)23-19-21(29-19)25-27(3)4/h5-12,18-25H,13H2,1-4H3. The molecule has 0 aliphatic carbocycles. The van der Waals surface area contributed by atoms with Gasteiger partial charge in [-0.1, -0.05) is 24.3 Å². The van der Waals surface area contributed by atoms with E-state index in [2.05, 4.69) is 70.0 Å². The minimum Gasteiger partial charge on any atom is -0.357 e. The van der Waals surface area contributed by atoms with Crippen molar-refractivity contribution in [1.29, 1.82) is 0 Å². The third-order valence-corrected chi connectivity index (χ3v) is 4.69. The molecule has 8 heteroatoms. The van der Waals surface area contributed by atoms with E-state index in [0.717, 1.165) is 17.8 Å². The van der Waals surface area contributed by atoms with Crippen molar-refractivity contribution in [2.24, 2.45) is 0 Å². The van der Waals surface area contributed by atoms with Crippen LogP contribution in [0.2, 0.25) is 0 Å². The molecule has 2 heterocycles. The summed E-state index contributed by atoms with van der Waals surface area (Å²) in [4.78, 5) is 0. The first kappa shape index (κ1) is 20.1. The second kappa shape index (κ2) is 8.66. The predicted molar refractivity (Wildman–Crippen MR) is 114 cm³/mol. The van der Waals surface area contributed by atoms with E-state index >= 15 is 0 Å². The summed E-state index contributed by atoms with van der Waals surface area (Å²) in [5.74, 6) is 0. The minimum atomic E-state index is 0.0197. The van der Waals surface area contributed by atoms with Crippen molar-refractivity contribution in [3.05, 3.63) is 59.7 Å². The number of benzene rings is 2. The number of epoxide rings is 2. The molecule has 0 saturated carbocycles. The lowest BCUT2D eigenvalue weighted by Gasteiger charge is -2.10. The maximum absolute atomic E-state index is 5.54. The number of hydrogen-bond acceptors (Lipinski definition) is 8. The van der Waals surface area contributed by atoms with Gasteiger partial charge in [0.25, 0.3) is 0 Å². The molecule has 0 bridgehead atoms. The highest BCUT2D eigenvalue weighted by atomic mass is 16.6. The SMILES string of the molecule is CN(C)NC1OC1Nc1ccc(Cc2ccc(NC3OC3NN(C)C)cc2)cc1. The van der Waals surface area contributed by atoms with E-state index in [4.69, 9.17) is 9.47 Å². The molecule has 0 radical (unpaired) electrons. The highest BCUT2D eigenvalue weighted by molar-refractivity contribution is 5.49. The van der Waals surface area contributed by atoms with Crippen LogP contribution in [0.5, 0.6) is 0 Å². The highest BCUT2D eigenvalue weighted by Crippen LogP contribution is 2.24. The summed E-state index contributed by atoms with van der Waals surface area (Å²) in [6, 6.07) is 17.0. The van der Waals surface area contributed by atoms with Gasteiger partial charge in [-0.25, -0.2) is 20.9 Å². The minimum absolute atomic E-state index is 0.0197. The van der Waals surface area contributed by atoms with E-state index in [9.17, 15) is 0 Å². The maximum Gasteiger partial charge on any atom is 0.171 e. The molecule has 2 saturated heterocycles. The molecular formula is C21H30N6O2. The third kappa shape index (κ3) is 5.89. The Labute approximate surface area is 172 Å². The molecule has 2 aliphatic heterocycles. The van der Waals surface area contributed by atoms with Crippen LogP contribution in [-0.2, 0) is 15.9 Å². The lowest BCUT2D eigenvalue weighted by atomic mass is 10.0. The predicted octanol–water partition coefficient (Wildman–Crippen LogP) is 1.60. The summed E-state index contributed by atoms with van der Waals surface area (Å²) >= 11 is 0. The average molecular weight is 399 g/mol. The van der Waals surface area contributed by atoms with E-state index in [1.807, 2.05) is 38.2 Å². The number of hydrazine groups is 2. The van der Waals surface area contributed by atoms with Gasteiger partial charge in [0.2, 0.25) is 0 Å². The smallest absolute Gasteiger partial charge is 0.171 e. The maximum atomic E-state index is 5.54. The van der Waals surface area contributed by atoms with Crippen LogP contribution in [0.25, 0.3) is 0 Å². The van der Waals surface area contributed by atoms with Crippen molar-refractivity contribution in [3.8, 4) is 0 Å². The first-order valence-corrected chi connectivity index (χ1v) is 9.85. The van der Waals surface area contributed by atoms with Gasteiger partial charge in [0.15, 0.2) is 24.9 Å². The molecule has 4 unspecified atom stereocenters. The molecule has 2 aromatic carbocycles. The van der Waals surface area contributed by atoms with E-state index in [1.54, 1.807) is 0 Å². The molecule has 2 aromatic rings. The zero-order valence-corrected chi connectivity index (χ0v) is 17.3. The van der Waals surface area contributed by atoms with E-state index < -0.39 is 0 Å². The Morgan fingerprint density at radius 2 is 1.00 bits per heavy atom. The van der Waals surface area contributed by atoms with Gasteiger partial charge in [0.05, 0.1) is 0 Å². The van der Waals surface area contributed by atoms with Crippen molar-refractivity contribution in [2.75, 3.05) is 38.8 Å². The second-order valence-corrected chi connectivity index (χ2v) is 7.86. The number of anilines is 2. The molecule has 4 rings (SSSR count). The Bertz CT molecular complexity index is 728. The van der Waals surface area contributed by atoms with Gasteiger partial charge in [-0.2, -0.15) is 0 Å². The fraction of sp³-hybridized carbons (Fsp3) is 0.429. The van der Waals surface area contributed by atoms with Crippen LogP contribution < -0.4 is 21.5 Å². The molecule has 156 valence electrons. The highest BCUT2D eigenvalue weighted by Gasteiger charge is 2.40. The summed E-state index contributed by atoms with van der Waals surface area (Å²) < 4.78 is 11.1. The summed E-state index contributed by atoms with van der Waals surface area (Å²) in [6.07, 6.45) is 1.01. The molecule has 0 spiro atoms. The average Bonchev–Trinajstić information content (AvgIpc) is 3.57. The zero-order chi connectivity index (χ0) is 20.4. The van der Waals surface area contributed by atoms with Gasteiger partial charge in [-0.05, 0) is 41.8 Å². The van der Waals surface area contributed by atoms with Crippen molar-refractivity contribution in [3.63, 3.8) is 0 Å². The Morgan fingerprint density at radius 3 is 1.34 bits per heavy atom. The summed E-state index contributed by atoms with van der Waals surface area (Å²) in [7, 11) is 7.81. The summed E-state index contributed by atoms with van der Waals surface area (Å²) in [6.45, 7) is 0. The summed E-state index contributed by atoms with van der Waals surface area (Å²) in [5.41, 5.74) is 11.1. The normalized spacial score (nSPS) is 25.3. The number of ether oxygens (including phenoxy) is 2. The van der Waals surface area contributed by atoms with Gasteiger partial charge >= 0.3 is 0 Å². The van der Waals surface area contributed by atoms with Crippen LogP contribution in [0.4, 0.5) is 11.4 Å². The monoisotopic (exact) mass is 398 g/mol. The molecule has 8 nitrogen and oxygen atoms in total. The van der Waals surface area contributed by atoms with E-state index in [0.29, 0.717) is 0 Å². The van der Waals surface area contributed by atoms with Crippen LogP contribution in [0.15, 0.2) is 48.5 Å². The first-order chi connectivity index (χ1) is 14.0. The van der Waals surface area contributed by atoms with Crippen molar-refractivity contribution < 1.29 is 9.47 Å². The van der Waals surface area contributed by atoms with Gasteiger partial charge in [-0.15, -0.1) is 0 Å². The lowest BCUT2D eigenvalue weighted by Crippen LogP contribution is -2.35. The Balaban J connectivity index is 1.23. The number of nitrogens with zero attached hydrogens (tertiary/aromatic N) is 2. The lowest BCUT2D eigenvalue weighted by molar-refractivity contribution is 0.220.